The molecule has 3 rings (SSSR count). The number of carbonyl (C=O) groups excluding carboxylic acids is 2. The summed E-state index contributed by atoms with van der Waals surface area (Å²) in [6.45, 7) is 3.32. The molecule has 196 valence electrons. The monoisotopic (exact) mass is 543 g/mol. The topological polar surface area (TPSA) is 96.0 Å². The van der Waals surface area contributed by atoms with Gasteiger partial charge in [0.25, 0.3) is 10.0 Å². The number of rotatable bonds is 11. The molecular formula is C27H30ClN3O5S. The minimum atomic E-state index is -4.13. The molecule has 0 aliphatic carbocycles. The zero-order valence-electron chi connectivity index (χ0n) is 20.9. The second kappa shape index (κ2) is 12.6. The molecule has 1 N–H and O–H groups in total. The highest BCUT2D eigenvalue weighted by atomic mass is 35.5. The van der Waals surface area contributed by atoms with E-state index in [2.05, 4.69) is 5.32 Å². The van der Waals surface area contributed by atoms with Crippen LogP contribution in [0, 0.1) is 0 Å². The van der Waals surface area contributed by atoms with Crippen LogP contribution >= 0.6 is 11.6 Å². The van der Waals surface area contributed by atoms with Crippen LogP contribution in [0.5, 0.6) is 5.75 Å². The van der Waals surface area contributed by atoms with Crippen LogP contribution in [0.2, 0.25) is 5.02 Å². The molecule has 37 heavy (non-hydrogen) atoms. The Morgan fingerprint density at radius 1 is 1.00 bits per heavy atom. The van der Waals surface area contributed by atoms with Crippen molar-refractivity contribution in [2.75, 3.05) is 24.5 Å². The quantitative estimate of drug-likeness (QED) is 0.393. The van der Waals surface area contributed by atoms with E-state index in [1.165, 1.54) is 30.2 Å². The van der Waals surface area contributed by atoms with E-state index in [1.807, 2.05) is 6.07 Å². The molecule has 0 aromatic heterocycles. The number of amides is 2. The smallest absolute Gasteiger partial charge is 0.264 e. The zero-order chi connectivity index (χ0) is 27.0. The van der Waals surface area contributed by atoms with Crippen molar-refractivity contribution in [3.63, 3.8) is 0 Å². The van der Waals surface area contributed by atoms with E-state index in [0.29, 0.717) is 17.3 Å². The van der Waals surface area contributed by atoms with Crippen molar-refractivity contribution in [1.29, 1.82) is 0 Å². The zero-order valence-corrected chi connectivity index (χ0v) is 22.5. The van der Waals surface area contributed by atoms with E-state index in [1.54, 1.807) is 68.4 Å². The van der Waals surface area contributed by atoms with Gasteiger partial charge in [-0.05, 0) is 61.9 Å². The summed E-state index contributed by atoms with van der Waals surface area (Å²) in [5.74, 6) is -0.303. The second-order valence-corrected chi connectivity index (χ2v) is 10.5. The highest BCUT2D eigenvalue weighted by Crippen LogP contribution is 2.27. The normalized spacial score (nSPS) is 11.9. The van der Waals surface area contributed by atoms with E-state index in [9.17, 15) is 18.0 Å². The largest absolute Gasteiger partial charge is 0.497 e. The summed E-state index contributed by atoms with van der Waals surface area (Å²) in [6, 6.07) is 20.4. The molecule has 0 saturated heterocycles. The minimum Gasteiger partial charge on any atom is -0.497 e. The van der Waals surface area contributed by atoms with Crippen LogP contribution in [0.15, 0.2) is 83.8 Å². The maximum Gasteiger partial charge on any atom is 0.264 e. The molecule has 0 saturated carbocycles. The number of hydrogen-bond donors (Lipinski definition) is 1. The molecule has 0 fully saturated rings. The van der Waals surface area contributed by atoms with Crippen molar-refractivity contribution in [1.82, 2.24) is 10.2 Å². The van der Waals surface area contributed by atoms with Gasteiger partial charge in [0.05, 0.1) is 17.7 Å². The van der Waals surface area contributed by atoms with Crippen LogP contribution in [-0.2, 0) is 26.2 Å². The number of likely N-dealkylation sites (N-methyl/N-ethyl adjacent to an activating group) is 1. The lowest BCUT2D eigenvalue weighted by Gasteiger charge is -2.32. The van der Waals surface area contributed by atoms with Gasteiger partial charge in [0, 0.05) is 18.1 Å². The number of hydrogen-bond acceptors (Lipinski definition) is 5. The summed E-state index contributed by atoms with van der Waals surface area (Å²) in [7, 11) is -2.59. The van der Waals surface area contributed by atoms with E-state index in [-0.39, 0.29) is 23.0 Å². The first kappa shape index (κ1) is 28.0. The third-order valence-electron chi connectivity index (χ3n) is 5.71. The van der Waals surface area contributed by atoms with Gasteiger partial charge in [-0.3, -0.25) is 13.9 Å². The van der Waals surface area contributed by atoms with Crippen LogP contribution in [0.4, 0.5) is 5.69 Å². The van der Waals surface area contributed by atoms with E-state index in [4.69, 9.17) is 16.3 Å². The molecule has 1 unspecified atom stereocenters. The van der Waals surface area contributed by atoms with E-state index >= 15 is 0 Å². The lowest BCUT2D eigenvalue weighted by molar-refractivity contribution is -0.139. The summed E-state index contributed by atoms with van der Waals surface area (Å²) < 4.78 is 33.6. The number of benzene rings is 3. The molecule has 0 spiro atoms. The van der Waals surface area contributed by atoms with Crippen LogP contribution in [0.3, 0.4) is 0 Å². The average Bonchev–Trinajstić information content (AvgIpc) is 2.90. The Morgan fingerprint density at radius 2 is 1.70 bits per heavy atom. The standard InChI is InChI=1S/C27H30ClN3O5S/c1-4-29-27(33)20(2)30(18-21-10-8-13-24(16-21)36-3)26(32)19-31(23-12-9-11-22(28)17-23)37(34,35)25-14-6-5-7-15-25/h5-17,20H,4,18-19H2,1-3H3,(H,29,33). The molecule has 0 aliphatic heterocycles. The molecule has 0 bridgehead atoms. The van der Waals surface area contributed by atoms with Crippen LogP contribution in [0.25, 0.3) is 0 Å². The molecule has 8 nitrogen and oxygen atoms in total. The highest BCUT2D eigenvalue weighted by Gasteiger charge is 2.32. The maximum absolute atomic E-state index is 13.8. The predicted molar refractivity (Wildman–Crippen MR) is 144 cm³/mol. The molecule has 10 heteroatoms. The van der Waals surface area contributed by atoms with Gasteiger partial charge in [-0.15, -0.1) is 0 Å². The van der Waals surface area contributed by atoms with Gasteiger partial charge in [-0.1, -0.05) is 48.0 Å². The van der Waals surface area contributed by atoms with Gasteiger partial charge in [0.2, 0.25) is 11.8 Å². The Balaban J connectivity index is 2.02. The van der Waals surface area contributed by atoms with Crippen LogP contribution < -0.4 is 14.4 Å². The lowest BCUT2D eigenvalue weighted by atomic mass is 10.1. The molecule has 0 aliphatic rings. The van der Waals surface area contributed by atoms with Crippen molar-refractivity contribution in [3.8, 4) is 5.75 Å². The Hall–Kier alpha value is -3.56. The molecule has 1 atom stereocenters. The summed E-state index contributed by atoms with van der Waals surface area (Å²) in [5.41, 5.74) is 0.959. The Morgan fingerprint density at radius 3 is 2.35 bits per heavy atom. The molecule has 2 amide bonds. The number of carbonyl (C=O) groups is 2. The summed E-state index contributed by atoms with van der Waals surface area (Å²) >= 11 is 6.17. The number of nitrogens with one attached hydrogen (secondary N) is 1. The van der Waals surface area contributed by atoms with E-state index < -0.39 is 28.5 Å². The predicted octanol–water partition coefficient (Wildman–Crippen LogP) is 4.10. The summed E-state index contributed by atoms with van der Waals surface area (Å²) in [4.78, 5) is 27.9. The molecular weight excluding hydrogens is 514 g/mol. The fourth-order valence-electron chi connectivity index (χ4n) is 3.75. The molecule has 3 aromatic rings. The Labute approximate surface area is 222 Å². The van der Waals surface area contributed by atoms with Gasteiger partial charge < -0.3 is 15.0 Å². The van der Waals surface area contributed by atoms with Crippen molar-refractivity contribution in [2.24, 2.45) is 0 Å². The number of sulfonamides is 1. The second-order valence-electron chi connectivity index (χ2n) is 8.25. The fourth-order valence-corrected chi connectivity index (χ4v) is 5.36. The van der Waals surface area contributed by atoms with Crippen molar-refractivity contribution in [3.05, 3.63) is 89.4 Å². The number of halogens is 1. The maximum atomic E-state index is 13.8. The average molecular weight is 544 g/mol. The summed E-state index contributed by atoms with van der Waals surface area (Å²) in [6.07, 6.45) is 0. The Kier molecular flexibility index (Phi) is 9.54. The molecule has 0 heterocycles. The summed E-state index contributed by atoms with van der Waals surface area (Å²) in [5, 5.41) is 3.05. The highest BCUT2D eigenvalue weighted by molar-refractivity contribution is 7.92. The molecule has 3 aromatic carbocycles. The minimum absolute atomic E-state index is 0.0268. The van der Waals surface area contributed by atoms with Gasteiger partial charge in [0.15, 0.2) is 0 Å². The van der Waals surface area contributed by atoms with Gasteiger partial charge in [-0.2, -0.15) is 0 Å². The van der Waals surface area contributed by atoms with Crippen molar-refractivity contribution >= 4 is 39.1 Å². The van der Waals surface area contributed by atoms with Gasteiger partial charge in [0.1, 0.15) is 18.3 Å². The number of ether oxygens (including phenoxy) is 1. The Bertz CT molecular complexity index is 1330. The third-order valence-corrected chi connectivity index (χ3v) is 7.73. The van der Waals surface area contributed by atoms with Crippen LogP contribution in [0.1, 0.15) is 19.4 Å². The molecule has 0 radical (unpaired) electrons. The number of methoxy groups -OCH3 is 1. The van der Waals surface area contributed by atoms with Gasteiger partial charge >= 0.3 is 0 Å². The first-order valence-electron chi connectivity index (χ1n) is 11.7. The van der Waals surface area contributed by atoms with Gasteiger partial charge in [-0.25, -0.2) is 8.42 Å². The lowest BCUT2D eigenvalue weighted by Crippen LogP contribution is -2.51. The first-order chi connectivity index (χ1) is 17.7. The third kappa shape index (κ3) is 7.02. The first-order valence-corrected chi connectivity index (χ1v) is 13.5. The van der Waals surface area contributed by atoms with Crippen molar-refractivity contribution in [2.45, 2.75) is 31.3 Å². The van der Waals surface area contributed by atoms with Crippen molar-refractivity contribution < 1.29 is 22.7 Å². The number of nitrogens with zero attached hydrogens (tertiary/aromatic N) is 2. The van der Waals surface area contributed by atoms with E-state index in [0.717, 1.165) is 9.87 Å². The number of anilines is 1. The van der Waals surface area contributed by atoms with Crippen LogP contribution in [-0.4, -0.2) is 51.4 Å². The SMILES string of the molecule is CCNC(=O)C(C)N(Cc1cccc(OC)c1)C(=O)CN(c1cccc(Cl)c1)S(=O)(=O)c1ccccc1. The fraction of sp³-hybridized carbons (Fsp3) is 0.259.